The molecule has 2 fully saturated rings. The summed E-state index contributed by atoms with van der Waals surface area (Å²) in [4.78, 5) is 49.7. The van der Waals surface area contributed by atoms with Crippen LogP contribution in [0, 0.1) is 0 Å². The first-order valence-electron chi connectivity index (χ1n) is 11.3. The summed E-state index contributed by atoms with van der Waals surface area (Å²) >= 11 is 5.83. The van der Waals surface area contributed by atoms with Gasteiger partial charge in [0, 0.05) is 37.7 Å². The molecule has 10 nitrogen and oxygen atoms in total. The van der Waals surface area contributed by atoms with E-state index in [0.29, 0.717) is 13.1 Å². The van der Waals surface area contributed by atoms with Gasteiger partial charge in [-0.3, -0.25) is 19.4 Å². The smallest absolute Gasteiger partial charge is 0.331 e. The first kappa shape index (κ1) is 32.1. The zero-order valence-electron chi connectivity index (χ0n) is 22.0. The Morgan fingerprint density at radius 1 is 0.765 bits per heavy atom. The molecule has 11 heteroatoms. The van der Waals surface area contributed by atoms with Gasteiger partial charge < -0.3 is 14.3 Å². The first-order chi connectivity index (χ1) is 14.7. The summed E-state index contributed by atoms with van der Waals surface area (Å²) < 4.78 is 2.64. The minimum Gasteiger partial charge on any atom is -0.331 e. The van der Waals surface area contributed by atoms with Crippen molar-refractivity contribution in [2.45, 2.75) is 59.0 Å². The number of rotatable bonds is 8. The van der Waals surface area contributed by atoms with Gasteiger partial charge in [-0.1, -0.05) is 7.43 Å². The number of nitrogens with zero attached hydrogens (tertiary/aromatic N) is 5. The molecule has 34 heavy (non-hydrogen) atoms. The summed E-state index contributed by atoms with van der Waals surface area (Å²) in [6, 6.07) is -0.681. The lowest BCUT2D eigenvalue weighted by Crippen LogP contribution is -2.41. The second kappa shape index (κ2) is 11.2. The van der Waals surface area contributed by atoms with Crippen LogP contribution in [0.5, 0.6) is 0 Å². The lowest BCUT2D eigenvalue weighted by atomic mass is 10.1. The Morgan fingerprint density at radius 2 is 1.18 bits per heavy atom. The maximum Gasteiger partial charge on any atom is 0.342 e. The highest BCUT2D eigenvalue weighted by Crippen LogP contribution is 2.29. The quantitative estimate of drug-likeness (QED) is 0.311. The average Bonchev–Trinajstić information content (AvgIpc) is 2.91. The van der Waals surface area contributed by atoms with Crippen LogP contribution in [0.3, 0.4) is 0 Å². The van der Waals surface area contributed by atoms with Crippen LogP contribution in [0.25, 0.3) is 0 Å². The fraction of sp³-hybridized carbons (Fsp3) is 0.826. The molecular weight excluding hydrogens is 460 g/mol. The number of hydrogen-bond acceptors (Lipinski definition) is 4. The minimum atomic E-state index is -0.935. The van der Waals surface area contributed by atoms with Crippen molar-refractivity contribution in [3.8, 4) is 0 Å². The average molecular weight is 507 g/mol. The van der Waals surface area contributed by atoms with Crippen LogP contribution in [-0.2, 0) is 9.59 Å². The third-order valence-electron chi connectivity index (χ3n) is 5.52. The van der Waals surface area contributed by atoms with E-state index in [2.05, 4.69) is 47.6 Å². The Morgan fingerprint density at radius 3 is 1.47 bits per heavy atom. The second-order valence-electron chi connectivity index (χ2n) is 11.8. The topological polar surface area (TPSA) is 90.0 Å². The Bertz CT molecular complexity index is 770. The zero-order valence-corrected chi connectivity index (χ0v) is 22.7. The van der Waals surface area contributed by atoms with Crippen molar-refractivity contribution in [3.63, 3.8) is 0 Å². The van der Waals surface area contributed by atoms with Crippen LogP contribution in [0.2, 0.25) is 0 Å². The highest BCUT2D eigenvalue weighted by Gasteiger charge is 2.50. The normalized spacial score (nSPS) is 19.7. The van der Waals surface area contributed by atoms with Crippen molar-refractivity contribution >= 4 is 35.7 Å². The van der Waals surface area contributed by atoms with Crippen molar-refractivity contribution in [1.82, 2.24) is 19.5 Å². The molecule has 0 unspecified atom stereocenters. The number of amides is 6. The largest absolute Gasteiger partial charge is 0.342 e. The van der Waals surface area contributed by atoms with E-state index in [-0.39, 0.29) is 25.3 Å². The molecule has 2 rings (SSSR count). The van der Waals surface area contributed by atoms with Crippen LogP contribution in [0.1, 0.15) is 48.0 Å². The molecule has 2 saturated heterocycles. The maximum absolute atomic E-state index is 12.0. The summed E-state index contributed by atoms with van der Waals surface area (Å²) in [6.07, 6.45) is 1.61. The van der Waals surface area contributed by atoms with Gasteiger partial charge in [-0.15, -0.1) is 0 Å². The van der Waals surface area contributed by atoms with Gasteiger partial charge in [-0.05, 0) is 27.7 Å². The molecule has 2 aliphatic heterocycles. The van der Waals surface area contributed by atoms with E-state index in [1.54, 1.807) is 27.7 Å². The molecule has 0 spiro atoms. The van der Waals surface area contributed by atoms with Crippen LogP contribution in [0.15, 0.2) is 0 Å². The molecule has 0 aromatic heterocycles. The summed E-state index contributed by atoms with van der Waals surface area (Å²) in [6.45, 7) is 9.54. The molecule has 198 valence electrons. The predicted octanol–water partition coefficient (Wildman–Crippen LogP) is 2.33. The van der Waals surface area contributed by atoms with Gasteiger partial charge in [0.25, 0.3) is 11.8 Å². The van der Waals surface area contributed by atoms with E-state index < -0.39 is 17.1 Å². The number of carbonyl (C=O) groups is 4. The van der Waals surface area contributed by atoms with E-state index in [4.69, 9.17) is 11.8 Å². The van der Waals surface area contributed by atoms with Gasteiger partial charge in [-0.2, -0.15) is 0 Å². The summed E-state index contributed by atoms with van der Waals surface area (Å²) in [7, 11) is 12.5. The lowest BCUT2D eigenvalue weighted by molar-refractivity contribution is -0.870. The molecule has 0 aromatic rings. The van der Waals surface area contributed by atoms with Crippen molar-refractivity contribution in [3.05, 3.63) is 0 Å². The molecule has 0 aromatic carbocycles. The standard InChI is InChI=1S/C11H21ClN3O2.C11H21N3O2.CH4/c1-11(2)9(16)13(10(17)14(11)12)7-6-8-15(3,4)5;1-11(2)9(15)13(10(16)12-11)7-6-8-14(3,4)5;/h6-8H2,1-5H3;6-8H2,1-5H3;1H4/q+1;;/p+1. The third-order valence-corrected chi connectivity index (χ3v) is 6.09. The molecule has 0 atom stereocenters. The van der Waals surface area contributed by atoms with Gasteiger partial charge in [-0.25, -0.2) is 14.0 Å². The monoisotopic (exact) mass is 506 g/mol. The Hall–Kier alpha value is -1.91. The van der Waals surface area contributed by atoms with Crippen molar-refractivity contribution in [2.24, 2.45) is 0 Å². The molecule has 2 aliphatic rings. The van der Waals surface area contributed by atoms with Gasteiger partial charge in [0.2, 0.25) is 0 Å². The van der Waals surface area contributed by atoms with Crippen LogP contribution in [0.4, 0.5) is 9.59 Å². The van der Waals surface area contributed by atoms with E-state index in [1.807, 2.05) is 0 Å². The van der Waals surface area contributed by atoms with Gasteiger partial charge in [0.05, 0.1) is 55.4 Å². The highest BCUT2D eigenvalue weighted by atomic mass is 35.5. The highest BCUT2D eigenvalue weighted by molar-refractivity contribution is 6.27. The van der Waals surface area contributed by atoms with Crippen LogP contribution < -0.4 is 5.32 Å². The predicted molar refractivity (Wildman–Crippen MR) is 135 cm³/mol. The fourth-order valence-corrected chi connectivity index (χ4v) is 3.63. The molecule has 0 aliphatic carbocycles. The Labute approximate surface area is 211 Å². The summed E-state index contributed by atoms with van der Waals surface area (Å²) in [5, 5.41) is 2.67. The molecule has 2 heterocycles. The number of hydrogen-bond donors (Lipinski definition) is 1. The Kier molecular flexibility index (Phi) is 10.6. The molecule has 6 amide bonds. The zero-order chi connectivity index (χ0) is 26.0. The van der Waals surface area contributed by atoms with Crippen molar-refractivity contribution < 1.29 is 28.1 Å². The number of urea groups is 2. The van der Waals surface area contributed by atoms with E-state index in [1.165, 1.54) is 9.80 Å². The summed E-state index contributed by atoms with van der Waals surface area (Å²) in [5.41, 5.74) is -1.68. The summed E-state index contributed by atoms with van der Waals surface area (Å²) in [5.74, 6) is -0.349. The molecule has 0 bridgehead atoms. The van der Waals surface area contributed by atoms with Crippen molar-refractivity contribution in [1.29, 1.82) is 0 Å². The molecule has 1 N–H and O–H groups in total. The molecule has 0 saturated carbocycles. The molecular formula is C23H47ClN6O4+2. The number of carbonyl (C=O) groups excluding carboxylic acids is 4. The van der Waals surface area contributed by atoms with Gasteiger partial charge in [0.15, 0.2) is 0 Å². The molecule has 0 radical (unpaired) electrons. The van der Waals surface area contributed by atoms with E-state index in [0.717, 1.165) is 39.3 Å². The Balaban J connectivity index is 0.000000623. The van der Waals surface area contributed by atoms with Crippen LogP contribution >= 0.6 is 11.8 Å². The lowest BCUT2D eigenvalue weighted by Gasteiger charge is -2.24. The number of nitrogens with one attached hydrogen (secondary N) is 1. The maximum atomic E-state index is 12.0. The van der Waals surface area contributed by atoms with Gasteiger partial charge >= 0.3 is 12.1 Å². The number of quaternary nitrogens is 2. The number of halogens is 1. The van der Waals surface area contributed by atoms with Crippen molar-refractivity contribution in [2.75, 3.05) is 68.5 Å². The SMILES string of the molecule is C.CC1(C)C(=O)N(CCC[N+](C)(C)C)C(=O)N1Cl.CC1(C)NC(=O)N(CCC[N+](C)(C)C)C1=O. The van der Waals surface area contributed by atoms with Crippen LogP contribution in [-0.4, -0.2) is 127 Å². The van der Waals surface area contributed by atoms with E-state index in [9.17, 15) is 19.2 Å². The van der Waals surface area contributed by atoms with E-state index >= 15 is 0 Å². The third kappa shape index (κ3) is 8.39. The van der Waals surface area contributed by atoms with Gasteiger partial charge in [0.1, 0.15) is 11.1 Å². The minimum absolute atomic E-state index is 0. The number of imide groups is 2. The second-order valence-corrected chi connectivity index (χ2v) is 12.2. The first-order valence-corrected chi connectivity index (χ1v) is 11.6. The fourth-order valence-electron chi connectivity index (χ4n) is 3.47.